The summed E-state index contributed by atoms with van der Waals surface area (Å²) in [7, 11) is 0. The fourth-order valence-corrected chi connectivity index (χ4v) is 3.38. The van der Waals surface area contributed by atoms with Crippen molar-refractivity contribution >= 4 is 11.6 Å². The highest BCUT2D eigenvalue weighted by molar-refractivity contribution is 6.31. The van der Waals surface area contributed by atoms with Crippen molar-refractivity contribution in [3.8, 4) is 0 Å². The minimum absolute atomic E-state index is 0.496. The molecule has 18 heavy (non-hydrogen) atoms. The van der Waals surface area contributed by atoms with Gasteiger partial charge in [0.1, 0.15) is 0 Å². The van der Waals surface area contributed by atoms with E-state index >= 15 is 0 Å². The molecule has 2 aliphatic heterocycles. The molecule has 0 amide bonds. The number of hydrogen-bond acceptors (Lipinski definition) is 2. The summed E-state index contributed by atoms with van der Waals surface area (Å²) in [6.45, 7) is 2.86. The molecule has 2 fully saturated rings. The van der Waals surface area contributed by atoms with Crippen molar-refractivity contribution in [2.45, 2.75) is 37.6 Å². The van der Waals surface area contributed by atoms with Crippen LogP contribution in [-0.2, 0) is 11.2 Å². The highest BCUT2D eigenvalue weighted by atomic mass is 35.5. The minimum Gasteiger partial charge on any atom is -0.381 e. The molecule has 1 aromatic rings. The van der Waals surface area contributed by atoms with Gasteiger partial charge in [-0.15, -0.1) is 0 Å². The molecule has 3 heteroatoms. The molecule has 3 rings (SSSR count). The van der Waals surface area contributed by atoms with Crippen molar-refractivity contribution < 1.29 is 4.74 Å². The third-order valence-electron chi connectivity index (χ3n) is 4.08. The molecule has 98 valence electrons. The van der Waals surface area contributed by atoms with Crippen molar-refractivity contribution in [3.05, 3.63) is 34.3 Å². The summed E-state index contributed by atoms with van der Waals surface area (Å²) in [5.41, 5.74) is 2.61. The van der Waals surface area contributed by atoms with Gasteiger partial charge in [0.25, 0.3) is 0 Å². The lowest BCUT2D eigenvalue weighted by atomic mass is 9.95. The highest BCUT2D eigenvalue weighted by Crippen LogP contribution is 2.31. The van der Waals surface area contributed by atoms with Crippen LogP contribution in [0.1, 0.15) is 36.3 Å². The van der Waals surface area contributed by atoms with Gasteiger partial charge >= 0.3 is 0 Å². The quantitative estimate of drug-likeness (QED) is 0.907. The van der Waals surface area contributed by atoms with Crippen molar-refractivity contribution in [2.24, 2.45) is 0 Å². The molecule has 1 N–H and O–H groups in total. The first kappa shape index (κ1) is 12.5. The minimum atomic E-state index is 0.496. The summed E-state index contributed by atoms with van der Waals surface area (Å²) in [5, 5.41) is 4.45. The second-order valence-corrected chi connectivity index (χ2v) is 5.82. The Bertz CT molecular complexity index is 409. The first-order chi connectivity index (χ1) is 8.83. The molecule has 0 aliphatic carbocycles. The van der Waals surface area contributed by atoms with Crippen LogP contribution >= 0.6 is 11.6 Å². The first-order valence-electron chi connectivity index (χ1n) is 6.92. The van der Waals surface area contributed by atoms with E-state index < -0.39 is 0 Å². The Labute approximate surface area is 114 Å². The first-order valence-corrected chi connectivity index (χ1v) is 7.30. The third-order valence-corrected chi connectivity index (χ3v) is 4.41. The normalized spacial score (nSPS) is 27.8. The van der Waals surface area contributed by atoms with Gasteiger partial charge < -0.3 is 10.1 Å². The Morgan fingerprint density at radius 2 is 2.28 bits per heavy atom. The smallest absolute Gasteiger partial charge is 0.0536 e. The molecule has 2 unspecified atom stereocenters. The molecule has 0 saturated carbocycles. The average molecular weight is 266 g/mol. The average Bonchev–Trinajstić information content (AvgIpc) is 3.01. The molecular formula is C15H20ClNO. The largest absolute Gasteiger partial charge is 0.381 e. The molecule has 1 aromatic carbocycles. The van der Waals surface area contributed by atoms with Gasteiger partial charge in [0.2, 0.25) is 0 Å². The van der Waals surface area contributed by atoms with E-state index in [-0.39, 0.29) is 0 Å². The maximum absolute atomic E-state index is 6.42. The molecule has 0 aromatic heterocycles. The SMILES string of the molecule is Clc1cc(CC2CCCN2)ccc1C1CCOC1. The van der Waals surface area contributed by atoms with Crippen LogP contribution in [0.25, 0.3) is 0 Å². The summed E-state index contributed by atoms with van der Waals surface area (Å²) < 4.78 is 5.44. The van der Waals surface area contributed by atoms with E-state index in [1.165, 1.54) is 24.0 Å². The van der Waals surface area contributed by atoms with Crippen molar-refractivity contribution in [1.82, 2.24) is 5.32 Å². The van der Waals surface area contributed by atoms with Crippen molar-refractivity contribution in [1.29, 1.82) is 0 Å². The second-order valence-electron chi connectivity index (χ2n) is 5.41. The molecule has 2 nitrogen and oxygen atoms in total. The molecule has 2 aliphatic rings. The fraction of sp³-hybridized carbons (Fsp3) is 0.600. The second kappa shape index (κ2) is 5.60. The zero-order chi connectivity index (χ0) is 12.4. The van der Waals surface area contributed by atoms with Crippen molar-refractivity contribution in [2.75, 3.05) is 19.8 Å². The molecule has 2 heterocycles. The Kier molecular flexibility index (Phi) is 3.88. The van der Waals surface area contributed by atoms with Gasteiger partial charge in [0, 0.05) is 23.6 Å². The summed E-state index contributed by atoms with van der Waals surface area (Å²) in [6.07, 6.45) is 4.79. The van der Waals surface area contributed by atoms with Gasteiger partial charge in [0.15, 0.2) is 0 Å². The summed E-state index contributed by atoms with van der Waals surface area (Å²) in [4.78, 5) is 0. The van der Waals surface area contributed by atoms with E-state index in [1.54, 1.807) is 0 Å². The number of nitrogens with one attached hydrogen (secondary N) is 1. The molecule has 0 radical (unpaired) electrons. The van der Waals surface area contributed by atoms with E-state index in [0.717, 1.165) is 37.6 Å². The van der Waals surface area contributed by atoms with Crippen LogP contribution in [-0.4, -0.2) is 25.8 Å². The molecule has 2 saturated heterocycles. The lowest BCUT2D eigenvalue weighted by molar-refractivity contribution is 0.194. The summed E-state index contributed by atoms with van der Waals surface area (Å²) in [6, 6.07) is 7.22. The van der Waals surface area contributed by atoms with Gasteiger partial charge in [-0.25, -0.2) is 0 Å². The Morgan fingerprint density at radius 1 is 1.33 bits per heavy atom. The highest BCUT2D eigenvalue weighted by Gasteiger charge is 2.21. The maximum atomic E-state index is 6.42. The Balaban J connectivity index is 1.71. The predicted molar refractivity (Wildman–Crippen MR) is 74.4 cm³/mol. The van der Waals surface area contributed by atoms with Crippen LogP contribution in [0.15, 0.2) is 18.2 Å². The van der Waals surface area contributed by atoms with Crippen LogP contribution < -0.4 is 5.32 Å². The van der Waals surface area contributed by atoms with Crippen LogP contribution in [0.3, 0.4) is 0 Å². The van der Waals surface area contributed by atoms with E-state index in [1.807, 2.05) is 0 Å². The number of ether oxygens (including phenoxy) is 1. The Hall–Kier alpha value is -0.570. The van der Waals surface area contributed by atoms with E-state index in [2.05, 4.69) is 23.5 Å². The van der Waals surface area contributed by atoms with Gasteiger partial charge in [-0.05, 0) is 49.4 Å². The van der Waals surface area contributed by atoms with Crippen molar-refractivity contribution in [3.63, 3.8) is 0 Å². The number of halogens is 1. The molecule has 0 bridgehead atoms. The third kappa shape index (κ3) is 2.71. The summed E-state index contributed by atoms with van der Waals surface area (Å²) >= 11 is 6.42. The molecule has 0 spiro atoms. The van der Waals surface area contributed by atoms with Crippen LogP contribution in [0, 0.1) is 0 Å². The maximum Gasteiger partial charge on any atom is 0.0536 e. The Morgan fingerprint density at radius 3 is 2.94 bits per heavy atom. The number of rotatable bonds is 3. The molecular weight excluding hydrogens is 246 g/mol. The van der Waals surface area contributed by atoms with Crippen LogP contribution in [0.2, 0.25) is 5.02 Å². The fourth-order valence-electron chi connectivity index (χ4n) is 3.02. The van der Waals surface area contributed by atoms with Crippen LogP contribution in [0.4, 0.5) is 0 Å². The standard InChI is InChI=1S/C15H20ClNO/c16-15-9-11(8-13-2-1-6-17-13)3-4-14(15)12-5-7-18-10-12/h3-4,9,12-13,17H,1-2,5-8,10H2. The monoisotopic (exact) mass is 265 g/mol. The van der Waals surface area contributed by atoms with Crippen LogP contribution in [0.5, 0.6) is 0 Å². The van der Waals surface area contributed by atoms with E-state index in [0.29, 0.717) is 12.0 Å². The van der Waals surface area contributed by atoms with E-state index in [4.69, 9.17) is 16.3 Å². The van der Waals surface area contributed by atoms with Gasteiger partial charge in [-0.3, -0.25) is 0 Å². The van der Waals surface area contributed by atoms with Gasteiger partial charge in [0.05, 0.1) is 6.61 Å². The molecule has 2 atom stereocenters. The predicted octanol–water partition coefficient (Wildman–Crippen LogP) is 3.14. The number of hydrogen-bond donors (Lipinski definition) is 1. The van der Waals surface area contributed by atoms with Gasteiger partial charge in [-0.2, -0.15) is 0 Å². The number of benzene rings is 1. The zero-order valence-electron chi connectivity index (χ0n) is 10.6. The zero-order valence-corrected chi connectivity index (χ0v) is 11.4. The van der Waals surface area contributed by atoms with Gasteiger partial charge in [-0.1, -0.05) is 23.7 Å². The lowest BCUT2D eigenvalue weighted by Gasteiger charge is -2.14. The summed E-state index contributed by atoms with van der Waals surface area (Å²) in [5.74, 6) is 0.496. The van der Waals surface area contributed by atoms with E-state index in [9.17, 15) is 0 Å². The topological polar surface area (TPSA) is 21.3 Å². The lowest BCUT2D eigenvalue weighted by Crippen LogP contribution is -2.23.